The maximum absolute atomic E-state index is 12.2. The van der Waals surface area contributed by atoms with Crippen molar-refractivity contribution in [3.8, 4) is 0 Å². The van der Waals surface area contributed by atoms with Gasteiger partial charge in [0.05, 0.1) is 5.39 Å². The molecule has 6 heteroatoms. The molecule has 0 aliphatic heterocycles. The van der Waals surface area contributed by atoms with Gasteiger partial charge in [0.25, 0.3) is 0 Å². The van der Waals surface area contributed by atoms with Gasteiger partial charge in [0.2, 0.25) is 5.91 Å². The highest BCUT2D eigenvalue weighted by Gasteiger charge is 2.09. The van der Waals surface area contributed by atoms with E-state index in [0.717, 1.165) is 12.8 Å². The summed E-state index contributed by atoms with van der Waals surface area (Å²) in [6, 6.07) is 6.23. The van der Waals surface area contributed by atoms with Crippen LogP contribution < -0.4 is 16.5 Å². The highest BCUT2D eigenvalue weighted by atomic mass is 32.1. The molecule has 0 spiro atoms. The molecule has 0 atom stereocenters. The second-order valence-electron chi connectivity index (χ2n) is 6.12. The third-order valence-electron chi connectivity index (χ3n) is 4.01. The molecule has 0 unspecified atom stereocenters. The second kappa shape index (κ2) is 9.32. The molecule has 0 bridgehead atoms. The summed E-state index contributed by atoms with van der Waals surface area (Å²) in [6.07, 6.45) is 7.30. The number of benzene rings is 1. The van der Waals surface area contributed by atoms with Gasteiger partial charge in [-0.2, -0.15) is 0 Å². The smallest absolute Gasteiger partial charge is 0.224 e. The van der Waals surface area contributed by atoms with Gasteiger partial charge in [-0.05, 0) is 24.6 Å². The minimum absolute atomic E-state index is 0.0373. The van der Waals surface area contributed by atoms with E-state index in [1.54, 1.807) is 18.2 Å². The fraction of sp³-hybridized carbons (Fsp3) is 0.421. The van der Waals surface area contributed by atoms with Gasteiger partial charge in [-0.3, -0.25) is 9.59 Å². The van der Waals surface area contributed by atoms with Crippen molar-refractivity contribution in [1.82, 2.24) is 0 Å². The first-order valence-corrected chi connectivity index (χ1v) is 9.09. The molecule has 25 heavy (non-hydrogen) atoms. The van der Waals surface area contributed by atoms with Gasteiger partial charge >= 0.3 is 0 Å². The van der Waals surface area contributed by atoms with Crippen LogP contribution in [0.5, 0.6) is 0 Å². The second-order valence-corrected chi connectivity index (χ2v) is 6.56. The number of hydrogen-bond donors (Lipinski definition) is 2. The number of carbonyl (C=O) groups is 1. The lowest BCUT2D eigenvalue weighted by Gasteiger charge is -2.07. The van der Waals surface area contributed by atoms with E-state index in [4.69, 9.17) is 22.4 Å². The van der Waals surface area contributed by atoms with Crippen molar-refractivity contribution in [3.63, 3.8) is 0 Å². The summed E-state index contributed by atoms with van der Waals surface area (Å²) in [4.78, 5) is 24.2. The number of amides is 1. The van der Waals surface area contributed by atoms with E-state index in [1.165, 1.54) is 31.7 Å². The van der Waals surface area contributed by atoms with Gasteiger partial charge < -0.3 is 15.5 Å². The zero-order chi connectivity index (χ0) is 18.2. The number of unbranched alkanes of at least 4 members (excludes halogenated alkanes) is 5. The number of carbonyl (C=O) groups excluding carboxylic acids is 1. The number of hydrogen-bond acceptors (Lipinski definition) is 4. The van der Waals surface area contributed by atoms with Crippen molar-refractivity contribution in [1.29, 1.82) is 0 Å². The summed E-state index contributed by atoms with van der Waals surface area (Å²) in [5.74, 6) is 0.145. The largest absolute Gasteiger partial charge is 0.453 e. The molecule has 3 N–H and O–H groups in total. The zero-order valence-corrected chi connectivity index (χ0v) is 15.3. The third-order valence-corrected chi connectivity index (χ3v) is 4.21. The first kappa shape index (κ1) is 19.1. The Kier molecular flexibility index (Phi) is 7.13. The number of nitrogens with one attached hydrogen (secondary N) is 1. The average Bonchev–Trinajstić information content (AvgIpc) is 2.58. The van der Waals surface area contributed by atoms with Gasteiger partial charge in [0.15, 0.2) is 11.2 Å². The molecule has 0 aliphatic carbocycles. The Bertz CT molecular complexity index is 814. The standard InChI is InChI=1S/C19H24N2O3S/c1-2-3-4-5-6-7-8-18(23)21-13-9-10-16-14(11-13)15(22)12-17(24-16)19(20)25/h9-12H,2-8H2,1H3,(H2,20,25)(H,21,23). The fourth-order valence-corrected chi connectivity index (χ4v) is 2.75. The molecule has 2 rings (SSSR count). The minimum Gasteiger partial charge on any atom is -0.453 e. The topological polar surface area (TPSA) is 85.3 Å². The van der Waals surface area contributed by atoms with Gasteiger partial charge in [0.1, 0.15) is 10.6 Å². The number of fused-ring (bicyclic) bond motifs is 1. The lowest BCUT2D eigenvalue weighted by molar-refractivity contribution is -0.116. The first-order valence-electron chi connectivity index (χ1n) is 8.69. The predicted octanol–water partition coefficient (Wildman–Crippen LogP) is 4.12. The summed E-state index contributed by atoms with van der Waals surface area (Å²) < 4.78 is 5.50. The number of rotatable bonds is 9. The quantitative estimate of drug-likeness (QED) is 0.519. The van der Waals surface area contributed by atoms with E-state index in [0.29, 0.717) is 23.1 Å². The summed E-state index contributed by atoms with van der Waals surface area (Å²) in [7, 11) is 0. The van der Waals surface area contributed by atoms with Gasteiger partial charge in [-0.25, -0.2) is 0 Å². The molecule has 0 aliphatic rings. The van der Waals surface area contributed by atoms with Crippen LogP contribution in [0.4, 0.5) is 5.69 Å². The minimum atomic E-state index is -0.240. The van der Waals surface area contributed by atoms with E-state index in [1.807, 2.05) is 0 Å². The normalized spacial score (nSPS) is 10.8. The van der Waals surface area contributed by atoms with Crippen LogP contribution in [-0.4, -0.2) is 10.9 Å². The highest BCUT2D eigenvalue weighted by molar-refractivity contribution is 7.80. The molecule has 5 nitrogen and oxygen atoms in total. The van der Waals surface area contributed by atoms with Crippen LogP contribution in [0.1, 0.15) is 57.6 Å². The first-order chi connectivity index (χ1) is 12.0. The summed E-state index contributed by atoms with van der Waals surface area (Å²) in [5, 5.41) is 3.22. The Morgan fingerprint density at radius 3 is 2.60 bits per heavy atom. The summed E-state index contributed by atoms with van der Waals surface area (Å²) >= 11 is 4.83. The monoisotopic (exact) mass is 360 g/mol. The van der Waals surface area contributed by atoms with E-state index >= 15 is 0 Å². The average molecular weight is 360 g/mol. The molecule has 0 saturated heterocycles. The number of nitrogens with two attached hydrogens (primary N) is 1. The Morgan fingerprint density at radius 2 is 1.88 bits per heavy atom. The molecule has 1 aromatic carbocycles. The molecular formula is C19H24N2O3S. The fourth-order valence-electron chi connectivity index (χ4n) is 2.64. The Labute approximate surface area is 152 Å². The maximum Gasteiger partial charge on any atom is 0.224 e. The van der Waals surface area contributed by atoms with E-state index in [9.17, 15) is 9.59 Å². The van der Waals surface area contributed by atoms with Crippen LogP contribution in [0.25, 0.3) is 11.0 Å². The molecule has 1 amide bonds. The zero-order valence-electron chi connectivity index (χ0n) is 14.5. The SMILES string of the molecule is CCCCCCCCC(=O)Nc1ccc2oc(C(N)=S)cc(=O)c2c1. The van der Waals surface area contributed by atoms with E-state index in [-0.39, 0.29) is 22.1 Å². The van der Waals surface area contributed by atoms with Crippen LogP contribution in [0.15, 0.2) is 33.5 Å². The van der Waals surface area contributed by atoms with Crippen LogP contribution in [0, 0.1) is 0 Å². The van der Waals surface area contributed by atoms with Crippen molar-refractivity contribution in [3.05, 3.63) is 40.2 Å². The molecule has 134 valence electrons. The lowest BCUT2D eigenvalue weighted by Crippen LogP contribution is -2.14. The van der Waals surface area contributed by atoms with Crippen LogP contribution >= 0.6 is 12.2 Å². The van der Waals surface area contributed by atoms with Gasteiger partial charge in [-0.15, -0.1) is 0 Å². The molecule has 1 heterocycles. The van der Waals surface area contributed by atoms with Gasteiger partial charge in [0, 0.05) is 18.2 Å². The molecule has 1 aromatic heterocycles. The van der Waals surface area contributed by atoms with Crippen molar-refractivity contribution < 1.29 is 9.21 Å². The molecule has 0 radical (unpaired) electrons. The van der Waals surface area contributed by atoms with Crippen LogP contribution in [0.2, 0.25) is 0 Å². The maximum atomic E-state index is 12.2. The number of anilines is 1. The van der Waals surface area contributed by atoms with E-state index in [2.05, 4.69) is 12.2 Å². The highest BCUT2D eigenvalue weighted by Crippen LogP contribution is 2.18. The summed E-state index contributed by atoms with van der Waals surface area (Å²) in [5.41, 5.74) is 6.23. The lowest BCUT2D eigenvalue weighted by atomic mass is 10.1. The molecular weight excluding hydrogens is 336 g/mol. The van der Waals surface area contributed by atoms with Gasteiger partial charge in [-0.1, -0.05) is 51.2 Å². The Balaban J connectivity index is 1.96. The van der Waals surface area contributed by atoms with E-state index < -0.39 is 0 Å². The Hall–Kier alpha value is -2.21. The summed E-state index contributed by atoms with van der Waals surface area (Å²) in [6.45, 7) is 2.18. The van der Waals surface area contributed by atoms with Crippen LogP contribution in [-0.2, 0) is 4.79 Å². The molecule has 2 aromatic rings. The predicted molar refractivity (Wildman–Crippen MR) is 105 cm³/mol. The Morgan fingerprint density at radius 1 is 1.16 bits per heavy atom. The van der Waals surface area contributed by atoms with Crippen LogP contribution in [0.3, 0.4) is 0 Å². The van der Waals surface area contributed by atoms with Crippen molar-refractivity contribution in [2.75, 3.05) is 5.32 Å². The van der Waals surface area contributed by atoms with Crippen molar-refractivity contribution >= 4 is 39.8 Å². The third kappa shape index (κ3) is 5.67. The number of thiocarbonyl (C=S) groups is 1. The van der Waals surface area contributed by atoms with Crippen molar-refractivity contribution in [2.45, 2.75) is 51.9 Å². The molecule has 0 saturated carbocycles. The van der Waals surface area contributed by atoms with Crippen molar-refractivity contribution in [2.24, 2.45) is 5.73 Å². The molecule has 0 fully saturated rings.